The largest absolute Gasteiger partial charge is 0.312 e. The molecule has 0 aromatic rings. The second-order valence-electron chi connectivity index (χ2n) is 4.23. The molecule has 4 nitrogen and oxygen atoms in total. The fourth-order valence-electron chi connectivity index (χ4n) is 1.58. The molecule has 0 aliphatic carbocycles. The third-order valence-electron chi connectivity index (χ3n) is 2.29. The maximum absolute atomic E-state index is 11.4. The topological polar surface area (TPSA) is 70.0 Å². The number of thiocyanates is 1. The Morgan fingerprint density at radius 2 is 2.20 bits per heavy atom. The van der Waals surface area contributed by atoms with E-state index in [1.54, 1.807) is 0 Å². The van der Waals surface area contributed by atoms with Crippen molar-refractivity contribution in [1.82, 2.24) is 5.32 Å². The number of thioether (sulfide) groups is 1. The van der Waals surface area contributed by atoms with Crippen LogP contribution in [0.3, 0.4) is 0 Å². The van der Waals surface area contributed by atoms with Crippen LogP contribution >= 0.6 is 11.8 Å². The minimum absolute atomic E-state index is 0.0675. The number of rotatable bonds is 4. The van der Waals surface area contributed by atoms with Gasteiger partial charge in [-0.15, -0.1) is 0 Å². The van der Waals surface area contributed by atoms with Gasteiger partial charge >= 0.3 is 0 Å². The van der Waals surface area contributed by atoms with E-state index in [9.17, 15) is 8.42 Å². The molecule has 0 unspecified atom stereocenters. The van der Waals surface area contributed by atoms with Crippen LogP contribution in [0.1, 0.15) is 13.8 Å². The first-order valence-electron chi connectivity index (χ1n) is 4.93. The minimum Gasteiger partial charge on any atom is -0.312 e. The fraction of sp³-hybridized carbons (Fsp3) is 0.889. The van der Waals surface area contributed by atoms with Gasteiger partial charge in [-0.05, 0) is 24.2 Å². The van der Waals surface area contributed by atoms with Crippen LogP contribution in [-0.4, -0.2) is 37.8 Å². The molecule has 1 aliphatic rings. The molecule has 15 heavy (non-hydrogen) atoms. The summed E-state index contributed by atoms with van der Waals surface area (Å²) < 4.78 is 22.8. The Bertz CT molecular complexity index is 346. The van der Waals surface area contributed by atoms with E-state index in [2.05, 4.69) is 19.2 Å². The van der Waals surface area contributed by atoms with Crippen LogP contribution in [-0.2, 0) is 9.84 Å². The van der Waals surface area contributed by atoms with Crippen molar-refractivity contribution in [2.45, 2.75) is 25.1 Å². The average molecular weight is 248 g/mol. The molecule has 0 amide bonds. The first-order chi connectivity index (χ1) is 6.94. The van der Waals surface area contributed by atoms with Crippen molar-refractivity contribution in [3.63, 3.8) is 0 Å². The highest BCUT2D eigenvalue weighted by Crippen LogP contribution is 2.24. The summed E-state index contributed by atoms with van der Waals surface area (Å²) in [4.78, 5) is 0. The van der Waals surface area contributed by atoms with Gasteiger partial charge in [0.2, 0.25) is 0 Å². The third-order valence-corrected chi connectivity index (χ3v) is 5.14. The van der Waals surface area contributed by atoms with Crippen LogP contribution in [0.15, 0.2) is 0 Å². The van der Waals surface area contributed by atoms with E-state index in [1.165, 1.54) is 0 Å². The predicted molar refractivity (Wildman–Crippen MR) is 62.3 cm³/mol. The highest BCUT2D eigenvalue weighted by molar-refractivity contribution is 8.05. The molecule has 86 valence electrons. The van der Waals surface area contributed by atoms with Crippen molar-refractivity contribution in [1.29, 1.82) is 5.26 Å². The maximum Gasteiger partial charge on any atom is 0.153 e. The zero-order valence-corrected chi connectivity index (χ0v) is 10.6. The van der Waals surface area contributed by atoms with Crippen LogP contribution in [0, 0.1) is 16.6 Å². The lowest BCUT2D eigenvalue weighted by Gasteiger charge is -2.17. The molecule has 1 N–H and O–H groups in total. The van der Waals surface area contributed by atoms with Crippen molar-refractivity contribution >= 4 is 21.6 Å². The zero-order chi connectivity index (χ0) is 11.5. The monoisotopic (exact) mass is 248 g/mol. The summed E-state index contributed by atoms with van der Waals surface area (Å²) in [7, 11) is -2.95. The van der Waals surface area contributed by atoms with E-state index in [4.69, 9.17) is 5.26 Å². The summed E-state index contributed by atoms with van der Waals surface area (Å²) in [6.45, 7) is 4.94. The lowest BCUT2D eigenvalue weighted by molar-refractivity contribution is 0.493. The molecule has 1 heterocycles. The molecule has 1 saturated heterocycles. The van der Waals surface area contributed by atoms with Crippen molar-refractivity contribution in [2.24, 2.45) is 5.92 Å². The standard InChI is InChI=1S/C9H16N2O2S2/c1-7(2)3-11-8-4-15(12,13)5-9(8)14-6-10/h7-9,11H,3-5H2,1-2H3/t8-,9+/m0/s1. The first-order valence-corrected chi connectivity index (χ1v) is 7.63. The molecule has 0 radical (unpaired) electrons. The van der Waals surface area contributed by atoms with Crippen LogP contribution in [0.4, 0.5) is 0 Å². The number of sulfone groups is 1. The zero-order valence-electron chi connectivity index (χ0n) is 8.93. The van der Waals surface area contributed by atoms with Crippen molar-refractivity contribution in [3.05, 3.63) is 0 Å². The van der Waals surface area contributed by atoms with Gasteiger partial charge in [0.25, 0.3) is 0 Å². The molecule has 0 spiro atoms. The molecule has 1 aliphatic heterocycles. The lowest BCUT2D eigenvalue weighted by atomic mass is 10.2. The second-order valence-corrected chi connectivity index (χ2v) is 7.41. The Kier molecular flexibility index (Phi) is 4.44. The van der Waals surface area contributed by atoms with E-state index < -0.39 is 9.84 Å². The van der Waals surface area contributed by atoms with E-state index in [0.717, 1.165) is 18.3 Å². The Hall–Kier alpha value is -0.250. The molecule has 0 bridgehead atoms. The minimum atomic E-state index is -2.95. The number of nitrogens with one attached hydrogen (secondary N) is 1. The summed E-state index contributed by atoms with van der Waals surface area (Å²) in [6, 6.07) is -0.0675. The molecular weight excluding hydrogens is 232 g/mol. The van der Waals surface area contributed by atoms with Gasteiger partial charge in [-0.2, -0.15) is 5.26 Å². The Balaban J connectivity index is 2.58. The lowest BCUT2D eigenvalue weighted by Crippen LogP contribution is -2.39. The van der Waals surface area contributed by atoms with Crippen LogP contribution in [0.25, 0.3) is 0 Å². The first kappa shape index (κ1) is 12.8. The Morgan fingerprint density at radius 3 is 2.73 bits per heavy atom. The van der Waals surface area contributed by atoms with E-state index in [0.29, 0.717) is 5.92 Å². The molecule has 2 atom stereocenters. The number of hydrogen-bond donors (Lipinski definition) is 1. The summed E-state index contributed by atoms with van der Waals surface area (Å²) in [5.74, 6) is 0.779. The smallest absolute Gasteiger partial charge is 0.153 e. The van der Waals surface area contributed by atoms with Crippen molar-refractivity contribution in [3.8, 4) is 5.40 Å². The summed E-state index contributed by atoms with van der Waals surface area (Å²) in [5, 5.41) is 13.7. The average Bonchev–Trinajstić information content (AvgIpc) is 2.38. The summed E-state index contributed by atoms with van der Waals surface area (Å²) >= 11 is 1.06. The maximum atomic E-state index is 11.4. The second kappa shape index (κ2) is 5.19. The molecule has 1 fully saturated rings. The third kappa shape index (κ3) is 4.01. The summed E-state index contributed by atoms with van der Waals surface area (Å²) in [6.07, 6.45) is 0. The number of hydrogen-bond acceptors (Lipinski definition) is 5. The molecular formula is C9H16N2O2S2. The SMILES string of the molecule is CC(C)CN[C@H]1CS(=O)(=O)C[C@H]1SC#N. The molecule has 0 aromatic carbocycles. The van der Waals surface area contributed by atoms with Crippen molar-refractivity contribution in [2.75, 3.05) is 18.1 Å². The van der Waals surface area contributed by atoms with Crippen LogP contribution in [0.2, 0.25) is 0 Å². The summed E-state index contributed by atoms with van der Waals surface area (Å²) in [5.41, 5.74) is 0. The van der Waals surface area contributed by atoms with E-state index in [1.807, 2.05) is 5.40 Å². The molecule has 0 saturated carbocycles. The van der Waals surface area contributed by atoms with Gasteiger partial charge in [0.05, 0.1) is 11.5 Å². The van der Waals surface area contributed by atoms with Gasteiger partial charge in [-0.3, -0.25) is 0 Å². The van der Waals surface area contributed by atoms with Crippen molar-refractivity contribution < 1.29 is 8.42 Å². The number of nitrogens with zero attached hydrogens (tertiary/aromatic N) is 1. The Morgan fingerprint density at radius 1 is 1.53 bits per heavy atom. The van der Waals surface area contributed by atoms with Gasteiger partial charge in [-0.1, -0.05) is 13.8 Å². The van der Waals surface area contributed by atoms with Gasteiger partial charge in [-0.25, -0.2) is 8.42 Å². The normalized spacial score (nSPS) is 29.2. The highest BCUT2D eigenvalue weighted by Gasteiger charge is 2.37. The quantitative estimate of drug-likeness (QED) is 0.738. The van der Waals surface area contributed by atoms with Gasteiger partial charge in [0.1, 0.15) is 5.40 Å². The fourth-order valence-corrected chi connectivity index (χ4v) is 4.85. The highest BCUT2D eigenvalue weighted by atomic mass is 32.2. The Labute approximate surface area is 95.3 Å². The number of nitriles is 1. The van der Waals surface area contributed by atoms with Gasteiger partial charge in [0.15, 0.2) is 9.84 Å². The molecule has 0 aromatic heterocycles. The van der Waals surface area contributed by atoms with Crippen LogP contribution < -0.4 is 5.32 Å². The van der Waals surface area contributed by atoms with Gasteiger partial charge < -0.3 is 5.32 Å². The van der Waals surface area contributed by atoms with Crippen LogP contribution in [0.5, 0.6) is 0 Å². The van der Waals surface area contributed by atoms with Gasteiger partial charge in [0, 0.05) is 11.3 Å². The van der Waals surface area contributed by atoms with E-state index >= 15 is 0 Å². The predicted octanol–water partition coefficient (Wildman–Crippen LogP) is 0.612. The van der Waals surface area contributed by atoms with E-state index in [-0.39, 0.29) is 22.8 Å². The molecule has 1 rings (SSSR count). The molecule has 6 heteroatoms.